The molecule has 0 bridgehead atoms. The van der Waals surface area contributed by atoms with Crippen molar-refractivity contribution in [1.29, 1.82) is 0 Å². The van der Waals surface area contributed by atoms with Gasteiger partial charge in [-0.15, -0.1) is 0 Å². The van der Waals surface area contributed by atoms with E-state index < -0.39 is 0 Å². The molecule has 1 amide bonds. The van der Waals surface area contributed by atoms with E-state index in [0.717, 1.165) is 25.9 Å². The number of hydrogen-bond donors (Lipinski definition) is 0. The molecule has 3 aliphatic rings. The zero-order valence-corrected chi connectivity index (χ0v) is 21.4. The zero-order chi connectivity index (χ0) is 24.7. The number of aromatic nitrogens is 1. The van der Waals surface area contributed by atoms with Gasteiger partial charge >= 0.3 is 0 Å². The van der Waals surface area contributed by atoms with Crippen LogP contribution in [-0.4, -0.2) is 58.3 Å². The highest BCUT2D eigenvalue weighted by Gasteiger charge is 2.38. The minimum absolute atomic E-state index is 0.0168. The summed E-state index contributed by atoms with van der Waals surface area (Å²) in [5.41, 5.74) is 1.21. The van der Waals surface area contributed by atoms with Crippen LogP contribution in [0.2, 0.25) is 5.02 Å². The lowest BCUT2D eigenvalue weighted by Crippen LogP contribution is -2.49. The summed E-state index contributed by atoms with van der Waals surface area (Å²) < 4.78 is 1.44. The number of hydrogen-bond acceptors (Lipinski definition) is 4. The van der Waals surface area contributed by atoms with E-state index in [1.807, 2.05) is 18.7 Å². The lowest BCUT2D eigenvalue weighted by Gasteiger charge is -2.40. The van der Waals surface area contributed by atoms with Gasteiger partial charge in [-0.05, 0) is 80.4 Å². The van der Waals surface area contributed by atoms with Gasteiger partial charge in [0, 0.05) is 48.0 Å². The molecule has 1 aromatic heterocycles. The van der Waals surface area contributed by atoms with E-state index in [1.165, 1.54) is 23.8 Å². The fraction of sp³-hybridized carbons (Fsp3) is 0.536. The fourth-order valence-corrected chi connectivity index (χ4v) is 6.16. The van der Waals surface area contributed by atoms with E-state index in [9.17, 15) is 14.4 Å². The van der Waals surface area contributed by atoms with E-state index in [1.54, 1.807) is 30.5 Å². The third kappa shape index (κ3) is 4.83. The largest absolute Gasteiger partial charge is 0.338 e. The van der Waals surface area contributed by atoms with Crippen molar-refractivity contribution in [3.8, 4) is 5.69 Å². The number of piperidine rings is 2. The number of benzene rings is 1. The Labute approximate surface area is 211 Å². The number of Topliss-reactive ketones (excluding diaryl/α,β-unsaturated/α-hetero) is 1. The number of amides is 1. The van der Waals surface area contributed by atoms with Crippen LogP contribution in [0.15, 0.2) is 35.3 Å². The Morgan fingerprint density at radius 1 is 0.943 bits per heavy atom. The van der Waals surface area contributed by atoms with Crippen LogP contribution >= 0.6 is 11.6 Å². The number of pyridine rings is 1. The predicted octanol–water partition coefficient (Wildman–Crippen LogP) is 4.74. The summed E-state index contributed by atoms with van der Waals surface area (Å²) in [5.74, 6) is -0.256. The number of fused-ring (bicyclic) bond motifs is 1. The van der Waals surface area contributed by atoms with E-state index >= 15 is 0 Å². The molecule has 2 aromatic rings. The van der Waals surface area contributed by atoms with Gasteiger partial charge in [0.2, 0.25) is 0 Å². The number of carbonyl (C=O) groups is 2. The second-order valence-electron chi connectivity index (χ2n) is 11.1. The fourth-order valence-electron chi connectivity index (χ4n) is 6.03. The minimum Gasteiger partial charge on any atom is -0.338 e. The van der Waals surface area contributed by atoms with Gasteiger partial charge < -0.3 is 9.80 Å². The molecule has 1 aliphatic carbocycles. The third-order valence-corrected chi connectivity index (χ3v) is 8.14. The maximum atomic E-state index is 13.9. The molecule has 35 heavy (non-hydrogen) atoms. The molecule has 0 radical (unpaired) electrons. The molecule has 0 N–H and O–H groups in total. The molecular formula is C28H34ClN3O3. The SMILES string of the molecule is CC1(C)CC(=O)c2cn(-c3ccc(Cl)cc3)c(=O)c(C(=O)N3CCC(N4CCCCC4)CC3)c2C1. The molecular weight excluding hydrogens is 462 g/mol. The van der Waals surface area contributed by atoms with Gasteiger partial charge in [0.1, 0.15) is 5.56 Å². The van der Waals surface area contributed by atoms with Crippen molar-refractivity contribution in [3.63, 3.8) is 0 Å². The molecule has 7 heteroatoms. The first kappa shape index (κ1) is 24.3. The lowest BCUT2D eigenvalue weighted by molar-refractivity contribution is 0.0586. The first-order chi connectivity index (χ1) is 16.7. The molecule has 0 unspecified atom stereocenters. The summed E-state index contributed by atoms with van der Waals surface area (Å²) in [7, 11) is 0. The van der Waals surface area contributed by atoms with E-state index in [-0.39, 0.29) is 28.2 Å². The van der Waals surface area contributed by atoms with Gasteiger partial charge in [-0.25, -0.2) is 0 Å². The second kappa shape index (κ2) is 9.55. The first-order valence-electron chi connectivity index (χ1n) is 12.8. The maximum Gasteiger partial charge on any atom is 0.268 e. The van der Waals surface area contributed by atoms with Crippen molar-refractivity contribution in [2.45, 2.75) is 64.8 Å². The average Bonchev–Trinajstić information content (AvgIpc) is 2.84. The Kier molecular flexibility index (Phi) is 6.62. The highest BCUT2D eigenvalue weighted by molar-refractivity contribution is 6.30. The first-order valence-corrected chi connectivity index (χ1v) is 13.2. The van der Waals surface area contributed by atoms with Gasteiger partial charge in [-0.3, -0.25) is 19.0 Å². The smallest absolute Gasteiger partial charge is 0.268 e. The van der Waals surface area contributed by atoms with Crippen LogP contribution in [-0.2, 0) is 6.42 Å². The summed E-state index contributed by atoms with van der Waals surface area (Å²) in [6.45, 7) is 7.62. The quantitative estimate of drug-likeness (QED) is 0.617. The van der Waals surface area contributed by atoms with Gasteiger partial charge in [0.15, 0.2) is 5.78 Å². The molecule has 3 heterocycles. The van der Waals surface area contributed by atoms with Crippen molar-refractivity contribution < 1.29 is 9.59 Å². The monoisotopic (exact) mass is 495 g/mol. The number of halogens is 1. The third-order valence-electron chi connectivity index (χ3n) is 7.89. The van der Waals surface area contributed by atoms with E-state index in [2.05, 4.69) is 4.90 Å². The number of nitrogens with zero attached hydrogens (tertiary/aromatic N) is 3. The Bertz CT molecular complexity index is 1190. The standard InChI is InChI=1S/C28H34ClN3O3/c1-28(2)16-22-23(24(33)17-28)18-32(21-8-6-19(29)7-9-21)27(35)25(22)26(34)31-14-10-20(11-15-31)30-12-4-3-5-13-30/h6-9,18,20H,3-5,10-17H2,1-2H3. The molecule has 2 aliphatic heterocycles. The predicted molar refractivity (Wildman–Crippen MR) is 138 cm³/mol. The summed E-state index contributed by atoms with van der Waals surface area (Å²) in [5, 5.41) is 0.561. The molecule has 5 rings (SSSR count). The van der Waals surface area contributed by atoms with Gasteiger partial charge in [-0.1, -0.05) is 31.9 Å². The highest BCUT2D eigenvalue weighted by Crippen LogP contribution is 2.36. The molecule has 186 valence electrons. The minimum atomic E-state index is -0.361. The molecule has 1 aromatic carbocycles. The molecule has 0 atom stereocenters. The van der Waals surface area contributed by atoms with Crippen molar-refractivity contribution in [3.05, 3.63) is 62.5 Å². The van der Waals surface area contributed by atoms with Crippen LogP contribution in [0.1, 0.15) is 78.7 Å². The van der Waals surface area contributed by atoms with Crippen molar-refractivity contribution >= 4 is 23.3 Å². The van der Waals surface area contributed by atoms with E-state index in [0.29, 0.717) is 53.8 Å². The van der Waals surface area contributed by atoms with Crippen molar-refractivity contribution in [2.24, 2.45) is 5.41 Å². The Hall–Kier alpha value is -2.44. The Morgan fingerprint density at radius 3 is 2.26 bits per heavy atom. The van der Waals surface area contributed by atoms with Crippen molar-refractivity contribution in [2.75, 3.05) is 26.2 Å². The number of likely N-dealkylation sites (tertiary alicyclic amines) is 2. The highest BCUT2D eigenvalue weighted by atomic mass is 35.5. The normalized spacial score (nSPS) is 21.1. The lowest BCUT2D eigenvalue weighted by atomic mass is 9.73. The van der Waals surface area contributed by atoms with E-state index in [4.69, 9.17) is 11.6 Å². The molecule has 0 saturated carbocycles. The van der Waals surface area contributed by atoms with Crippen LogP contribution in [0.3, 0.4) is 0 Å². The molecule has 2 fully saturated rings. The second-order valence-corrected chi connectivity index (χ2v) is 11.5. The average molecular weight is 496 g/mol. The molecule has 0 spiro atoms. The zero-order valence-electron chi connectivity index (χ0n) is 20.7. The van der Waals surface area contributed by atoms with Crippen molar-refractivity contribution in [1.82, 2.24) is 14.4 Å². The summed E-state index contributed by atoms with van der Waals surface area (Å²) in [6, 6.07) is 7.41. The molecule has 6 nitrogen and oxygen atoms in total. The summed E-state index contributed by atoms with van der Waals surface area (Å²) >= 11 is 6.05. The van der Waals surface area contributed by atoms with Gasteiger partial charge in [0.25, 0.3) is 11.5 Å². The van der Waals surface area contributed by atoms with Crippen LogP contribution in [0.5, 0.6) is 0 Å². The maximum absolute atomic E-state index is 13.9. The van der Waals surface area contributed by atoms with Crippen LogP contribution < -0.4 is 5.56 Å². The number of carbonyl (C=O) groups excluding carboxylic acids is 2. The summed E-state index contributed by atoms with van der Waals surface area (Å²) in [6.07, 6.45) is 8.23. The molecule has 2 saturated heterocycles. The number of rotatable bonds is 3. The van der Waals surface area contributed by atoms with Crippen LogP contribution in [0.25, 0.3) is 5.69 Å². The number of ketones is 1. The summed E-state index contributed by atoms with van der Waals surface area (Å²) in [4.78, 5) is 45.3. The van der Waals surface area contributed by atoms with Gasteiger partial charge in [-0.2, -0.15) is 0 Å². The topological polar surface area (TPSA) is 62.6 Å². The van der Waals surface area contributed by atoms with Gasteiger partial charge in [0.05, 0.1) is 0 Å². The Morgan fingerprint density at radius 2 is 1.60 bits per heavy atom. The Balaban J connectivity index is 1.51. The van der Waals surface area contributed by atoms with Crippen LogP contribution in [0, 0.1) is 5.41 Å². The van der Waals surface area contributed by atoms with Crippen LogP contribution in [0.4, 0.5) is 0 Å².